The molecule has 0 bridgehead atoms. The quantitative estimate of drug-likeness (QED) is 0.454. The van der Waals surface area contributed by atoms with E-state index in [4.69, 9.17) is 0 Å². The van der Waals surface area contributed by atoms with Crippen molar-refractivity contribution in [2.75, 3.05) is 14.1 Å². The molecule has 4 N–H and O–H groups in total. The Kier molecular flexibility index (Phi) is 10.9. The first-order chi connectivity index (χ1) is 16.2. The smallest absolute Gasteiger partial charge is 0.251 e. The van der Waals surface area contributed by atoms with E-state index in [2.05, 4.69) is 45.5 Å². The Morgan fingerprint density at radius 3 is 1.45 bits per heavy atom. The van der Waals surface area contributed by atoms with Crippen molar-refractivity contribution in [3.8, 4) is 0 Å². The molecule has 1 amide bonds. The molecular formula is C28H42N4O. The van der Waals surface area contributed by atoms with E-state index in [9.17, 15) is 4.79 Å². The van der Waals surface area contributed by atoms with Crippen LogP contribution in [0.5, 0.6) is 0 Å². The topological polar surface area (TPSA) is 65.2 Å². The number of benzene rings is 2. The monoisotopic (exact) mass is 450 g/mol. The number of rotatable bonds is 9. The van der Waals surface area contributed by atoms with E-state index < -0.39 is 0 Å². The normalized spacial score (nSPS) is 16.4. The highest BCUT2D eigenvalue weighted by Crippen LogP contribution is 2.19. The Hall–Kier alpha value is -2.21. The van der Waals surface area contributed by atoms with Crippen molar-refractivity contribution in [1.82, 2.24) is 21.3 Å². The minimum absolute atomic E-state index is 0.0275. The Labute approximate surface area is 200 Å². The molecular weight excluding hydrogens is 408 g/mol. The highest BCUT2D eigenvalue weighted by atomic mass is 16.1. The molecule has 0 atom stereocenters. The minimum Gasteiger partial charge on any atom is -0.355 e. The summed E-state index contributed by atoms with van der Waals surface area (Å²) in [5.74, 6) is -0.0275. The third-order valence-corrected chi connectivity index (χ3v) is 6.75. The fraction of sp³-hybridized carbons (Fsp3) is 0.536. The van der Waals surface area contributed by atoms with Crippen LogP contribution >= 0.6 is 0 Å². The second kappa shape index (κ2) is 14.1. The summed E-state index contributed by atoms with van der Waals surface area (Å²) < 4.78 is 0. The van der Waals surface area contributed by atoms with Crippen molar-refractivity contribution in [1.29, 1.82) is 0 Å². The summed E-state index contributed by atoms with van der Waals surface area (Å²) in [5, 5.41) is 13.0. The van der Waals surface area contributed by atoms with Gasteiger partial charge in [-0.05, 0) is 61.6 Å². The van der Waals surface area contributed by atoms with Gasteiger partial charge in [0.2, 0.25) is 0 Å². The van der Waals surface area contributed by atoms with Crippen LogP contribution in [-0.2, 0) is 19.6 Å². The first-order valence-electron chi connectivity index (χ1n) is 12.7. The zero-order valence-corrected chi connectivity index (χ0v) is 20.5. The predicted octanol–water partition coefficient (Wildman–Crippen LogP) is 4.52. The number of amides is 1. The van der Waals surface area contributed by atoms with Gasteiger partial charge in [-0.2, -0.15) is 0 Å². The summed E-state index contributed by atoms with van der Waals surface area (Å²) in [4.78, 5) is 11.4. The van der Waals surface area contributed by atoms with Crippen LogP contribution in [0.2, 0.25) is 0 Å². The van der Waals surface area contributed by atoms with Crippen LogP contribution in [0.25, 0.3) is 0 Å². The molecule has 2 saturated carbocycles. The maximum atomic E-state index is 11.4. The first-order valence-corrected chi connectivity index (χ1v) is 12.7. The van der Waals surface area contributed by atoms with Crippen LogP contribution in [0, 0.1) is 0 Å². The fourth-order valence-electron chi connectivity index (χ4n) is 4.68. The van der Waals surface area contributed by atoms with Crippen LogP contribution < -0.4 is 21.3 Å². The van der Waals surface area contributed by atoms with Crippen LogP contribution in [0.4, 0.5) is 0 Å². The molecule has 0 radical (unpaired) electrons. The first kappa shape index (κ1) is 25.4. The van der Waals surface area contributed by atoms with Gasteiger partial charge in [0.05, 0.1) is 0 Å². The molecule has 33 heavy (non-hydrogen) atoms. The van der Waals surface area contributed by atoms with E-state index in [1.165, 1.54) is 68.1 Å². The van der Waals surface area contributed by atoms with E-state index in [-0.39, 0.29) is 5.91 Å². The van der Waals surface area contributed by atoms with Crippen molar-refractivity contribution in [2.24, 2.45) is 0 Å². The molecule has 2 aromatic rings. The van der Waals surface area contributed by atoms with Gasteiger partial charge in [-0.15, -0.1) is 0 Å². The third kappa shape index (κ3) is 8.92. The van der Waals surface area contributed by atoms with Crippen LogP contribution in [0.15, 0.2) is 48.5 Å². The Morgan fingerprint density at radius 2 is 1.06 bits per heavy atom. The standard InChI is InChI=1S/C14H20N2O.C14H22N2/c1-15-14(17)12-8-6-11(7-9-12)10-16-13-4-2-3-5-13;1-15-10-12-6-8-13(9-7-12)11-16-14-4-2-3-5-14/h6-9,13,16H,2-5,10H2,1H3,(H,15,17);6-9,14-16H,2-5,10-11H2,1H3. The summed E-state index contributed by atoms with van der Waals surface area (Å²) in [6.45, 7) is 2.87. The number of hydrogen-bond acceptors (Lipinski definition) is 4. The van der Waals surface area contributed by atoms with Gasteiger partial charge in [-0.1, -0.05) is 62.1 Å². The Morgan fingerprint density at radius 1 is 0.667 bits per heavy atom. The van der Waals surface area contributed by atoms with Crippen LogP contribution in [-0.4, -0.2) is 32.1 Å². The molecule has 0 aliphatic heterocycles. The molecule has 5 heteroatoms. The second-order valence-electron chi connectivity index (χ2n) is 9.35. The Bertz CT molecular complexity index is 807. The lowest BCUT2D eigenvalue weighted by molar-refractivity contribution is 0.0963. The lowest BCUT2D eigenvalue weighted by Crippen LogP contribution is -2.25. The van der Waals surface area contributed by atoms with E-state index >= 15 is 0 Å². The van der Waals surface area contributed by atoms with Gasteiger partial charge >= 0.3 is 0 Å². The zero-order chi connectivity index (χ0) is 23.3. The number of carbonyl (C=O) groups is 1. The molecule has 2 aliphatic rings. The minimum atomic E-state index is -0.0275. The summed E-state index contributed by atoms with van der Waals surface area (Å²) in [7, 11) is 3.63. The molecule has 2 fully saturated rings. The molecule has 180 valence electrons. The van der Waals surface area contributed by atoms with E-state index in [1.807, 2.05) is 31.3 Å². The molecule has 2 aromatic carbocycles. The van der Waals surface area contributed by atoms with Crippen molar-refractivity contribution >= 4 is 5.91 Å². The van der Waals surface area contributed by atoms with Crippen LogP contribution in [0.1, 0.15) is 78.4 Å². The van der Waals surface area contributed by atoms with Gasteiger partial charge in [0.25, 0.3) is 5.91 Å². The number of nitrogens with one attached hydrogen (secondary N) is 4. The van der Waals surface area contributed by atoms with Gasteiger partial charge in [0.15, 0.2) is 0 Å². The highest BCUT2D eigenvalue weighted by molar-refractivity contribution is 5.93. The van der Waals surface area contributed by atoms with Crippen molar-refractivity contribution in [3.63, 3.8) is 0 Å². The summed E-state index contributed by atoms with van der Waals surface area (Å²) in [6.07, 6.45) is 10.8. The lowest BCUT2D eigenvalue weighted by Gasteiger charge is -2.11. The van der Waals surface area contributed by atoms with E-state index in [0.29, 0.717) is 6.04 Å². The predicted molar refractivity (Wildman–Crippen MR) is 137 cm³/mol. The van der Waals surface area contributed by atoms with Gasteiger partial charge in [-0.3, -0.25) is 4.79 Å². The molecule has 0 spiro atoms. The molecule has 0 heterocycles. The van der Waals surface area contributed by atoms with Crippen molar-refractivity contribution < 1.29 is 4.79 Å². The maximum Gasteiger partial charge on any atom is 0.251 e. The molecule has 2 aliphatic carbocycles. The summed E-state index contributed by atoms with van der Waals surface area (Å²) >= 11 is 0. The van der Waals surface area contributed by atoms with Crippen LogP contribution in [0.3, 0.4) is 0 Å². The maximum absolute atomic E-state index is 11.4. The largest absolute Gasteiger partial charge is 0.355 e. The molecule has 0 saturated heterocycles. The van der Waals surface area contributed by atoms with E-state index in [1.54, 1.807) is 7.05 Å². The zero-order valence-electron chi connectivity index (χ0n) is 20.5. The Balaban J connectivity index is 0.000000186. The van der Waals surface area contributed by atoms with E-state index in [0.717, 1.165) is 31.2 Å². The highest BCUT2D eigenvalue weighted by Gasteiger charge is 2.14. The number of carbonyl (C=O) groups excluding carboxylic acids is 1. The molecule has 4 rings (SSSR count). The molecule has 5 nitrogen and oxygen atoms in total. The van der Waals surface area contributed by atoms with Gasteiger partial charge in [0.1, 0.15) is 0 Å². The average molecular weight is 451 g/mol. The third-order valence-electron chi connectivity index (χ3n) is 6.75. The lowest BCUT2D eigenvalue weighted by atomic mass is 10.1. The van der Waals surface area contributed by atoms with Gasteiger partial charge < -0.3 is 21.3 Å². The van der Waals surface area contributed by atoms with Gasteiger partial charge in [-0.25, -0.2) is 0 Å². The molecule has 0 unspecified atom stereocenters. The summed E-state index contributed by atoms with van der Waals surface area (Å²) in [6, 6.07) is 18.1. The van der Waals surface area contributed by atoms with Crippen molar-refractivity contribution in [2.45, 2.75) is 83.1 Å². The van der Waals surface area contributed by atoms with Gasteiger partial charge in [0, 0.05) is 44.3 Å². The SMILES string of the molecule is CNC(=O)c1ccc(CNC2CCCC2)cc1.CNCc1ccc(CNC2CCCC2)cc1. The fourth-order valence-corrected chi connectivity index (χ4v) is 4.68. The number of hydrogen-bond donors (Lipinski definition) is 4. The average Bonchev–Trinajstić information content (AvgIpc) is 3.57. The second-order valence-corrected chi connectivity index (χ2v) is 9.35. The van der Waals surface area contributed by atoms with Crippen molar-refractivity contribution in [3.05, 3.63) is 70.8 Å². The summed E-state index contributed by atoms with van der Waals surface area (Å²) in [5.41, 5.74) is 4.71. The molecule has 0 aromatic heterocycles.